The van der Waals surface area contributed by atoms with Crippen molar-refractivity contribution in [3.8, 4) is 5.75 Å². The zero-order valence-electron chi connectivity index (χ0n) is 14.3. The third kappa shape index (κ3) is 3.94. The highest BCUT2D eigenvalue weighted by Gasteiger charge is 2.10. The van der Waals surface area contributed by atoms with Crippen molar-refractivity contribution in [1.82, 2.24) is 19.3 Å². The fraction of sp³-hybridized carbons (Fsp3) is 0.176. The molecule has 0 aliphatic heterocycles. The van der Waals surface area contributed by atoms with Crippen LogP contribution in [0.5, 0.6) is 5.75 Å². The smallest absolute Gasteiger partial charge is 0.332 e. The molecule has 2 aromatic heterocycles. The van der Waals surface area contributed by atoms with Gasteiger partial charge in [-0.25, -0.2) is 19.7 Å². The number of aromatic nitrogens is 3. The number of anilines is 3. The predicted molar refractivity (Wildman–Crippen MR) is 104 cm³/mol. The average molecular weight is 370 g/mol. The highest BCUT2D eigenvalue weighted by Crippen LogP contribution is 2.26. The van der Waals surface area contributed by atoms with Gasteiger partial charge in [-0.3, -0.25) is 9.62 Å². The Kier molecular flexibility index (Phi) is 5.37. The van der Waals surface area contributed by atoms with E-state index in [9.17, 15) is 4.79 Å². The maximum absolute atomic E-state index is 11.9. The monoisotopic (exact) mass is 370 g/mol. The zero-order chi connectivity index (χ0) is 18.5. The molecule has 2 amide bonds. The second-order valence-corrected chi connectivity index (χ2v) is 5.75. The second kappa shape index (κ2) is 7.87. The average Bonchev–Trinajstić information content (AvgIpc) is 2.67. The second-order valence-electron chi connectivity index (χ2n) is 5.27. The summed E-state index contributed by atoms with van der Waals surface area (Å²) in [4.78, 5) is 25.0. The van der Waals surface area contributed by atoms with Crippen molar-refractivity contribution >= 4 is 47.3 Å². The van der Waals surface area contributed by atoms with Crippen LogP contribution in [-0.4, -0.2) is 38.9 Å². The molecule has 0 unspecified atom stereocenters. The zero-order valence-corrected chi connectivity index (χ0v) is 15.2. The van der Waals surface area contributed by atoms with Crippen molar-refractivity contribution in [2.45, 2.75) is 6.92 Å². The van der Waals surface area contributed by atoms with Crippen molar-refractivity contribution in [1.29, 1.82) is 0 Å². The Morgan fingerprint density at radius 3 is 2.73 bits per heavy atom. The molecule has 9 heteroatoms. The largest absolute Gasteiger partial charge is 0.495 e. The molecule has 26 heavy (non-hydrogen) atoms. The lowest BCUT2D eigenvalue weighted by atomic mass is 10.3. The maximum atomic E-state index is 11.9. The van der Waals surface area contributed by atoms with E-state index in [2.05, 4.69) is 38.4 Å². The number of urea groups is 1. The number of carbonyl (C=O) groups excluding carboxylic acids is 1. The molecule has 0 bridgehead atoms. The summed E-state index contributed by atoms with van der Waals surface area (Å²) in [6.07, 6.45) is 1.61. The molecular formula is C17H18N6O2S. The van der Waals surface area contributed by atoms with Crippen LogP contribution in [0.15, 0.2) is 42.6 Å². The molecule has 8 nitrogen and oxygen atoms in total. The van der Waals surface area contributed by atoms with E-state index in [-0.39, 0.29) is 6.03 Å². The van der Waals surface area contributed by atoms with Crippen LogP contribution in [0.1, 0.15) is 6.92 Å². The number of ether oxygens (including phenoxy) is 1. The minimum atomic E-state index is -0.362. The Morgan fingerprint density at radius 1 is 1.19 bits per heavy atom. The van der Waals surface area contributed by atoms with Gasteiger partial charge in [0.25, 0.3) is 0 Å². The van der Waals surface area contributed by atoms with Crippen molar-refractivity contribution < 1.29 is 9.53 Å². The van der Waals surface area contributed by atoms with Crippen molar-refractivity contribution in [3.05, 3.63) is 42.6 Å². The van der Waals surface area contributed by atoms with E-state index < -0.39 is 0 Å². The first-order chi connectivity index (χ1) is 12.6. The van der Waals surface area contributed by atoms with Crippen LogP contribution in [-0.2, 0) is 0 Å². The number of nitrogens with zero attached hydrogens (tertiary/aromatic N) is 4. The Hall–Kier alpha value is -3.07. The first-order valence-corrected chi connectivity index (χ1v) is 8.32. The van der Waals surface area contributed by atoms with E-state index in [1.165, 1.54) is 4.31 Å². The molecule has 2 N–H and O–H groups in total. The van der Waals surface area contributed by atoms with Crippen LogP contribution in [0, 0.1) is 0 Å². The van der Waals surface area contributed by atoms with E-state index in [4.69, 9.17) is 4.74 Å². The first kappa shape index (κ1) is 17.7. The van der Waals surface area contributed by atoms with Gasteiger partial charge in [0.05, 0.1) is 19.0 Å². The number of hydrogen-bond donors (Lipinski definition) is 3. The van der Waals surface area contributed by atoms with E-state index in [0.717, 1.165) is 5.69 Å². The number of hydrogen-bond acceptors (Lipinski definition) is 7. The number of para-hydroxylation sites is 2. The van der Waals surface area contributed by atoms with Crippen LogP contribution < -0.4 is 15.4 Å². The van der Waals surface area contributed by atoms with Gasteiger partial charge in [-0.1, -0.05) is 24.9 Å². The van der Waals surface area contributed by atoms with Crippen LogP contribution in [0.2, 0.25) is 0 Å². The molecule has 0 atom stereocenters. The molecule has 2 heterocycles. The van der Waals surface area contributed by atoms with Crippen molar-refractivity contribution in [3.63, 3.8) is 0 Å². The van der Waals surface area contributed by atoms with Gasteiger partial charge in [-0.15, -0.1) is 0 Å². The lowest BCUT2D eigenvalue weighted by molar-refractivity contribution is 0.240. The summed E-state index contributed by atoms with van der Waals surface area (Å²) >= 11 is 4.06. The summed E-state index contributed by atoms with van der Waals surface area (Å²) in [5, 5.41) is 5.82. The molecule has 0 radical (unpaired) electrons. The van der Waals surface area contributed by atoms with Gasteiger partial charge in [0.2, 0.25) is 0 Å². The number of carbonyl (C=O) groups is 1. The SMILES string of the molecule is CCN(S)C(=O)Nc1ccc2ncc(Nc3ccccc3OC)nc2n1. The summed E-state index contributed by atoms with van der Waals surface area (Å²) < 4.78 is 6.56. The summed E-state index contributed by atoms with van der Waals surface area (Å²) in [7, 11) is 1.60. The fourth-order valence-corrected chi connectivity index (χ4v) is 2.28. The molecule has 0 fully saturated rings. The van der Waals surface area contributed by atoms with Crippen LogP contribution in [0.3, 0.4) is 0 Å². The van der Waals surface area contributed by atoms with Gasteiger partial charge >= 0.3 is 6.03 Å². The van der Waals surface area contributed by atoms with E-state index in [0.29, 0.717) is 35.1 Å². The number of pyridine rings is 1. The van der Waals surface area contributed by atoms with Crippen LogP contribution in [0.25, 0.3) is 11.2 Å². The summed E-state index contributed by atoms with van der Waals surface area (Å²) in [5.41, 5.74) is 1.79. The van der Waals surface area contributed by atoms with Gasteiger partial charge in [0.15, 0.2) is 11.5 Å². The minimum Gasteiger partial charge on any atom is -0.495 e. The van der Waals surface area contributed by atoms with Gasteiger partial charge in [0.1, 0.15) is 17.1 Å². The third-order valence-electron chi connectivity index (χ3n) is 3.55. The summed E-state index contributed by atoms with van der Waals surface area (Å²) in [5.74, 6) is 1.58. The maximum Gasteiger partial charge on any atom is 0.332 e. The molecule has 3 aromatic rings. The van der Waals surface area contributed by atoms with E-state index in [1.54, 1.807) is 25.4 Å². The number of thiol groups is 1. The van der Waals surface area contributed by atoms with Gasteiger partial charge in [-0.05, 0) is 31.2 Å². The number of fused-ring (bicyclic) bond motifs is 1. The van der Waals surface area contributed by atoms with Crippen molar-refractivity contribution in [2.75, 3.05) is 24.3 Å². The Bertz CT molecular complexity index is 936. The van der Waals surface area contributed by atoms with Gasteiger partial charge in [0, 0.05) is 6.54 Å². The van der Waals surface area contributed by atoms with Crippen LogP contribution >= 0.6 is 12.8 Å². The lowest BCUT2D eigenvalue weighted by Crippen LogP contribution is -2.27. The topological polar surface area (TPSA) is 92.3 Å². The molecular weight excluding hydrogens is 352 g/mol. The molecule has 134 valence electrons. The van der Waals surface area contributed by atoms with Crippen molar-refractivity contribution in [2.24, 2.45) is 0 Å². The molecule has 3 rings (SSSR count). The number of benzene rings is 1. The fourth-order valence-electron chi connectivity index (χ4n) is 2.23. The number of methoxy groups -OCH3 is 1. The number of rotatable bonds is 5. The van der Waals surface area contributed by atoms with E-state index in [1.807, 2.05) is 31.2 Å². The molecule has 0 saturated heterocycles. The summed E-state index contributed by atoms with van der Waals surface area (Å²) in [6.45, 7) is 2.29. The molecule has 0 spiro atoms. The normalized spacial score (nSPS) is 10.4. The number of amides is 2. The standard InChI is InChI=1S/C17H18N6O2S/c1-3-23(26)17(24)22-14-9-8-12-16(20-14)21-15(10-18-12)19-11-6-4-5-7-13(11)25-2/h4-10,26H,3H2,1-2H3,(H2,19,20,21,22,24). The summed E-state index contributed by atoms with van der Waals surface area (Å²) in [6, 6.07) is 10.5. The van der Waals surface area contributed by atoms with Gasteiger partial charge < -0.3 is 10.1 Å². The first-order valence-electron chi connectivity index (χ1n) is 7.92. The molecule has 0 aliphatic carbocycles. The van der Waals surface area contributed by atoms with E-state index >= 15 is 0 Å². The van der Waals surface area contributed by atoms with Crippen LogP contribution in [0.4, 0.5) is 22.1 Å². The Morgan fingerprint density at radius 2 is 1.96 bits per heavy atom. The Labute approximate surface area is 156 Å². The predicted octanol–water partition coefficient (Wildman–Crippen LogP) is 3.48. The molecule has 0 aliphatic rings. The minimum absolute atomic E-state index is 0.362. The highest BCUT2D eigenvalue weighted by atomic mass is 32.1. The van der Waals surface area contributed by atoms with Gasteiger partial charge in [-0.2, -0.15) is 0 Å². The quantitative estimate of drug-likeness (QED) is 0.596. The number of nitrogens with one attached hydrogen (secondary N) is 2. The highest BCUT2D eigenvalue weighted by molar-refractivity contribution is 7.78. The molecule has 0 saturated carbocycles. The third-order valence-corrected chi connectivity index (χ3v) is 4.01. The lowest BCUT2D eigenvalue weighted by Gasteiger charge is -2.13. The Balaban J connectivity index is 1.86. The molecule has 1 aromatic carbocycles.